The monoisotopic (exact) mass is 245 g/mol. The van der Waals surface area contributed by atoms with Crippen LogP contribution in [0, 0.1) is 6.92 Å². The Balaban J connectivity index is 2.11. The Morgan fingerprint density at radius 1 is 1.39 bits per heavy atom. The molecule has 0 saturated carbocycles. The predicted molar refractivity (Wildman–Crippen MR) is 72.9 cm³/mol. The Labute approximate surface area is 108 Å². The topological polar surface area (TPSA) is 39.1 Å². The highest BCUT2D eigenvalue weighted by Gasteiger charge is 2.04. The second kappa shape index (κ2) is 5.58. The van der Waals surface area contributed by atoms with Crippen molar-refractivity contribution in [2.24, 2.45) is 7.05 Å². The number of aromatic nitrogens is 2. The van der Waals surface area contributed by atoms with Gasteiger partial charge < -0.3 is 14.6 Å². The van der Waals surface area contributed by atoms with Crippen LogP contribution in [0.4, 0.5) is 5.69 Å². The Morgan fingerprint density at radius 2 is 2.22 bits per heavy atom. The molecule has 0 saturated heterocycles. The number of nitrogens with one attached hydrogen (secondary N) is 1. The molecule has 0 amide bonds. The van der Waals surface area contributed by atoms with Gasteiger partial charge in [-0.1, -0.05) is 6.07 Å². The first-order chi connectivity index (χ1) is 8.70. The summed E-state index contributed by atoms with van der Waals surface area (Å²) in [5.41, 5.74) is 3.35. The first-order valence-electron chi connectivity index (χ1n) is 6.13. The Morgan fingerprint density at radius 3 is 2.89 bits per heavy atom. The summed E-state index contributed by atoms with van der Waals surface area (Å²) in [6.07, 6.45) is 3.66. The first-order valence-corrected chi connectivity index (χ1v) is 6.13. The summed E-state index contributed by atoms with van der Waals surface area (Å²) in [4.78, 5) is 4.10. The van der Waals surface area contributed by atoms with Crippen molar-refractivity contribution in [2.45, 2.75) is 20.4 Å². The van der Waals surface area contributed by atoms with Crippen LogP contribution in [-0.2, 0) is 13.6 Å². The predicted octanol–water partition coefficient (Wildman–Crippen LogP) is 2.74. The summed E-state index contributed by atoms with van der Waals surface area (Å²) >= 11 is 0. The van der Waals surface area contributed by atoms with E-state index in [-0.39, 0.29) is 0 Å². The number of rotatable bonds is 5. The number of nitrogens with zero attached hydrogens (tertiary/aromatic N) is 2. The van der Waals surface area contributed by atoms with E-state index in [0.717, 1.165) is 23.7 Å². The van der Waals surface area contributed by atoms with E-state index >= 15 is 0 Å². The van der Waals surface area contributed by atoms with Crippen molar-refractivity contribution in [3.05, 3.63) is 42.0 Å². The maximum absolute atomic E-state index is 5.63. The van der Waals surface area contributed by atoms with Gasteiger partial charge in [0.25, 0.3) is 0 Å². The zero-order chi connectivity index (χ0) is 13.0. The molecule has 1 aromatic carbocycles. The highest BCUT2D eigenvalue weighted by Crippen LogP contribution is 2.26. The lowest BCUT2D eigenvalue weighted by atomic mass is 10.2. The van der Waals surface area contributed by atoms with Crippen LogP contribution in [0.25, 0.3) is 0 Å². The van der Waals surface area contributed by atoms with Gasteiger partial charge in [0.05, 0.1) is 30.9 Å². The molecule has 0 unspecified atom stereocenters. The molecule has 0 radical (unpaired) electrons. The summed E-state index contributed by atoms with van der Waals surface area (Å²) in [7, 11) is 1.99. The second-order valence-electron chi connectivity index (χ2n) is 4.28. The minimum absolute atomic E-state index is 0.670. The van der Waals surface area contributed by atoms with E-state index in [0.29, 0.717) is 6.61 Å². The van der Waals surface area contributed by atoms with Gasteiger partial charge in [0.2, 0.25) is 0 Å². The van der Waals surface area contributed by atoms with E-state index in [4.69, 9.17) is 4.74 Å². The van der Waals surface area contributed by atoms with Gasteiger partial charge in [-0.05, 0) is 31.5 Å². The molecule has 1 heterocycles. The van der Waals surface area contributed by atoms with Crippen LogP contribution in [-0.4, -0.2) is 16.2 Å². The zero-order valence-corrected chi connectivity index (χ0v) is 11.1. The molecule has 2 aromatic rings. The summed E-state index contributed by atoms with van der Waals surface area (Å²) in [6, 6.07) is 6.18. The lowest BCUT2D eigenvalue weighted by Crippen LogP contribution is -2.06. The lowest BCUT2D eigenvalue weighted by molar-refractivity contribution is 0.341. The largest absolute Gasteiger partial charge is 0.492 e. The van der Waals surface area contributed by atoms with Gasteiger partial charge >= 0.3 is 0 Å². The molecule has 1 aromatic heterocycles. The molecule has 96 valence electrons. The van der Waals surface area contributed by atoms with E-state index < -0.39 is 0 Å². The van der Waals surface area contributed by atoms with Crippen molar-refractivity contribution in [3.8, 4) is 5.75 Å². The third-order valence-corrected chi connectivity index (χ3v) is 2.81. The van der Waals surface area contributed by atoms with Crippen molar-refractivity contribution in [1.29, 1.82) is 0 Å². The summed E-state index contributed by atoms with van der Waals surface area (Å²) in [5.74, 6) is 0.902. The summed E-state index contributed by atoms with van der Waals surface area (Å²) in [5, 5.41) is 3.38. The van der Waals surface area contributed by atoms with Gasteiger partial charge in [0, 0.05) is 13.2 Å². The van der Waals surface area contributed by atoms with Crippen LogP contribution < -0.4 is 10.1 Å². The van der Waals surface area contributed by atoms with Crippen LogP contribution >= 0.6 is 0 Å². The van der Waals surface area contributed by atoms with Crippen LogP contribution in [0.5, 0.6) is 5.75 Å². The van der Waals surface area contributed by atoms with Crippen LogP contribution in [0.2, 0.25) is 0 Å². The van der Waals surface area contributed by atoms with Gasteiger partial charge in [-0.3, -0.25) is 0 Å². The van der Waals surface area contributed by atoms with Crippen molar-refractivity contribution in [1.82, 2.24) is 9.55 Å². The van der Waals surface area contributed by atoms with Crippen LogP contribution in [0.3, 0.4) is 0 Å². The van der Waals surface area contributed by atoms with Crippen molar-refractivity contribution in [2.75, 3.05) is 11.9 Å². The first kappa shape index (κ1) is 12.5. The molecule has 0 atom stereocenters. The third-order valence-electron chi connectivity index (χ3n) is 2.81. The van der Waals surface area contributed by atoms with Gasteiger partial charge in [-0.15, -0.1) is 0 Å². The van der Waals surface area contributed by atoms with E-state index in [9.17, 15) is 0 Å². The second-order valence-corrected chi connectivity index (χ2v) is 4.28. The molecule has 0 spiro atoms. The van der Waals surface area contributed by atoms with E-state index in [1.54, 1.807) is 6.33 Å². The molecular formula is C14H19N3O. The lowest BCUT2D eigenvalue weighted by Gasteiger charge is -2.13. The molecule has 0 aliphatic rings. The number of hydrogen-bond donors (Lipinski definition) is 1. The molecule has 1 N–H and O–H groups in total. The van der Waals surface area contributed by atoms with E-state index in [1.807, 2.05) is 24.7 Å². The molecule has 2 rings (SSSR count). The van der Waals surface area contributed by atoms with E-state index in [1.165, 1.54) is 5.56 Å². The maximum atomic E-state index is 5.63. The SMILES string of the molecule is CCOc1cc(C)ccc1NCc1cncn1C. The molecule has 0 aliphatic heterocycles. The maximum Gasteiger partial charge on any atom is 0.142 e. The molecule has 4 heteroatoms. The highest BCUT2D eigenvalue weighted by molar-refractivity contribution is 5.57. The van der Waals surface area contributed by atoms with Crippen molar-refractivity contribution in [3.63, 3.8) is 0 Å². The van der Waals surface area contributed by atoms with Gasteiger partial charge in [-0.25, -0.2) is 4.98 Å². The normalized spacial score (nSPS) is 10.4. The van der Waals surface area contributed by atoms with Crippen molar-refractivity contribution < 1.29 is 4.74 Å². The number of hydrogen-bond acceptors (Lipinski definition) is 3. The summed E-state index contributed by atoms with van der Waals surface area (Å²) < 4.78 is 7.63. The Kier molecular flexibility index (Phi) is 3.87. The molecule has 0 fully saturated rings. The van der Waals surface area contributed by atoms with Crippen molar-refractivity contribution >= 4 is 5.69 Å². The third kappa shape index (κ3) is 2.83. The average molecular weight is 245 g/mol. The fourth-order valence-corrected chi connectivity index (χ4v) is 1.79. The van der Waals surface area contributed by atoms with Crippen LogP contribution in [0.1, 0.15) is 18.2 Å². The minimum atomic E-state index is 0.670. The standard InChI is InChI=1S/C14H19N3O/c1-4-18-14-7-11(2)5-6-13(14)16-9-12-8-15-10-17(12)3/h5-8,10,16H,4,9H2,1-3H3. The fraction of sp³-hybridized carbons (Fsp3) is 0.357. The van der Waals surface area contributed by atoms with Gasteiger partial charge in [0.1, 0.15) is 5.75 Å². The Bertz CT molecular complexity index is 520. The molecule has 0 aliphatic carbocycles. The highest BCUT2D eigenvalue weighted by atomic mass is 16.5. The molecular weight excluding hydrogens is 226 g/mol. The molecule has 4 nitrogen and oxygen atoms in total. The van der Waals surface area contributed by atoms with E-state index in [2.05, 4.69) is 35.4 Å². The van der Waals surface area contributed by atoms with Crippen LogP contribution in [0.15, 0.2) is 30.7 Å². The number of anilines is 1. The summed E-state index contributed by atoms with van der Waals surface area (Å²) in [6.45, 7) is 5.46. The number of benzene rings is 1. The van der Waals surface area contributed by atoms with Gasteiger partial charge in [0.15, 0.2) is 0 Å². The number of imidazole rings is 1. The Hall–Kier alpha value is -1.97. The number of ether oxygens (including phenoxy) is 1. The quantitative estimate of drug-likeness (QED) is 0.880. The minimum Gasteiger partial charge on any atom is -0.492 e. The smallest absolute Gasteiger partial charge is 0.142 e. The number of aryl methyl sites for hydroxylation is 2. The zero-order valence-electron chi connectivity index (χ0n) is 11.1. The van der Waals surface area contributed by atoms with Gasteiger partial charge in [-0.2, -0.15) is 0 Å². The average Bonchev–Trinajstić information content (AvgIpc) is 2.74. The fourth-order valence-electron chi connectivity index (χ4n) is 1.79. The molecule has 18 heavy (non-hydrogen) atoms. The molecule has 0 bridgehead atoms.